The first-order valence-corrected chi connectivity index (χ1v) is 6.34. The molecule has 3 heteroatoms. The molecule has 0 aliphatic heterocycles. The van der Waals surface area contributed by atoms with Crippen molar-refractivity contribution in [3.8, 4) is 0 Å². The van der Waals surface area contributed by atoms with Gasteiger partial charge in [0, 0.05) is 19.8 Å². The van der Waals surface area contributed by atoms with E-state index >= 15 is 0 Å². The molecule has 0 fully saturated rings. The van der Waals surface area contributed by atoms with Crippen molar-refractivity contribution < 1.29 is 9.84 Å². The number of benzene rings is 1. The van der Waals surface area contributed by atoms with E-state index in [0.29, 0.717) is 0 Å². The van der Waals surface area contributed by atoms with Crippen LogP contribution in [0.2, 0.25) is 0 Å². The molecule has 3 nitrogen and oxygen atoms in total. The van der Waals surface area contributed by atoms with Crippen LogP contribution in [0.1, 0.15) is 30.9 Å². The SMILES string of the molecule is CCCOCCCNCc1ccc(CO)cc1. The number of aliphatic hydroxyl groups excluding tert-OH is 1. The second-order valence-electron chi connectivity index (χ2n) is 4.12. The van der Waals surface area contributed by atoms with Crippen LogP contribution in [0.25, 0.3) is 0 Å². The second kappa shape index (κ2) is 9.16. The van der Waals surface area contributed by atoms with Crippen molar-refractivity contribution in [2.75, 3.05) is 19.8 Å². The summed E-state index contributed by atoms with van der Waals surface area (Å²) < 4.78 is 5.40. The fourth-order valence-corrected chi connectivity index (χ4v) is 1.54. The van der Waals surface area contributed by atoms with Crippen LogP contribution in [0.4, 0.5) is 0 Å². The number of nitrogens with one attached hydrogen (secondary N) is 1. The lowest BCUT2D eigenvalue weighted by Crippen LogP contribution is -2.16. The molecule has 0 aliphatic carbocycles. The third-order valence-corrected chi connectivity index (χ3v) is 2.53. The summed E-state index contributed by atoms with van der Waals surface area (Å²) >= 11 is 0. The van der Waals surface area contributed by atoms with E-state index in [1.54, 1.807) is 0 Å². The molecule has 1 aromatic carbocycles. The Kier molecular flexibility index (Phi) is 7.63. The zero-order valence-corrected chi connectivity index (χ0v) is 10.6. The second-order valence-corrected chi connectivity index (χ2v) is 4.12. The van der Waals surface area contributed by atoms with Gasteiger partial charge in [-0.3, -0.25) is 0 Å². The van der Waals surface area contributed by atoms with E-state index in [-0.39, 0.29) is 6.61 Å². The van der Waals surface area contributed by atoms with Crippen LogP contribution in [0.3, 0.4) is 0 Å². The Morgan fingerprint density at radius 1 is 1.12 bits per heavy atom. The van der Waals surface area contributed by atoms with Crippen LogP contribution in [-0.2, 0) is 17.9 Å². The van der Waals surface area contributed by atoms with Crippen molar-refractivity contribution in [1.29, 1.82) is 0 Å². The average Bonchev–Trinajstić information content (AvgIpc) is 2.38. The average molecular weight is 237 g/mol. The van der Waals surface area contributed by atoms with Gasteiger partial charge in [0.2, 0.25) is 0 Å². The number of hydrogen-bond donors (Lipinski definition) is 2. The van der Waals surface area contributed by atoms with Crippen molar-refractivity contribution in [1.82, 2.24) is 5.32 Å². The van der Waals surface area contributed by atoms with E-state index < -0.39 is 0 Å². The fourth-order valence-electron chi connectivity index (χ4n) is 1.54. The highest BCUT2D eigenvalue weighted by Crippen LogP contribution is 2.03. The van der Waals surface area contributed by atoms with E-state index in [4.69, 9.17) is 9.84 Å². The van der Waals surface area contributed by atoms with Crippen molar-refractivity contribution in [3.05, 3.63) is 35.4 Å². The molecular formula is C14H23NO2. The van der Waals surface area contributed by atoms with E-state index in [1.807, 2.05) is 24.3 Å². The molecule has 2 N–H and O–H groups in total. The highest BCUT2D eigenvalue weighted by Gasteiger charge is 1.94. The van der Waals surface area contributed by atoms with Gasteiger partial charge in [0.1, 0.15) is 0 Å². The normalized spacial score (nSPS) is 10.7. The van der Waals surface area contributed by atoms with E-state index in [0.717, 1.165) is 44.7 Å². The molecule has 0 bridgehead atoms. The Bertz CT molecular complexity index is 285. The van der Waals surface area contributed by atoms with Gasteiger partial charge in [0.25, 0.3) is 0 Å². The van der Waals surface area contributed by atoms with Crippen LogP contribution in [0.5, 0.6) is 0 Å². The predicted octanol–water partition coefficient (Wildman–Crippen LogP) is 2.09. The first-order chi connectivity index (χ1) is 8.36. The quantitative estimate of drug-likeness (QED) is 0.646. The topological polar surface area (TPSA) is 41.5 Å². The monoisotopic (exact) mass is 237 g/mol. The zero-order chi connectivity index (χ0) is 12.3. The standard InChI is InChI=1S/C14H23NO2/c1-2-9-17-10-3-8-15-11-13-4-6-14(12-16)7-5-13/h4-7,15-16H,2-3,8-12H2,1H3. The number of hydrogen-bond acceptors (Lipinski definition) is 3. The van der Waals surface area contributed by atoms with Crippen molar-refractivity contribution in [2.24, 2.45) is 0 Å². The Hall–Kier alpha value is -0.900. The van der Waals surface area contributed by atoms with Gasteiger partial charge in [0.15, 0.2) is 0 Å². The van der Waals surface area contributed by atoms with Gasteiger partial charge in [0.05, 0.1) is 6.61 Å². The molecule has 96 valence electrons. The van der Waals surface area contributed by atoms with Crippen LogP contribution in [0, 0.1) is 0 Å². The maximum atomic E-state index is 8.92. The van der Waals surface area contributed by atoms with Crippen molar-refractivity contribution in [3.63, 3.8) is 0 Å². The summed E-state index contributed by atoms with van der Waals surface area (Å²) in [6.07, 6.45) is 2.14. The van der Waals surface area contributed by atoms with E-state index in [9.17, 15) is 0 Å². The lowest BCUT2D eigenvalue weighted by atomic mass is 10.1. The molecule has 17 heavy (non-hydrogen) atoms. The van der Waals surface area contributed by atoms with Crippen molar-refractivity contribution in [2.45, 2.75) is 32.9 Å². The molecule has 1 aromatic rings. The molecule has 0 radical (unpaired) electrons. The van der Waals surface area contributed by atoms with Gasteiger partial charge in [-0.05, 0) is 30.5 Å². The first-order valence-electron chi connectivity index (χ1n) is 6.34. The lowest BCUT2D eigenvalue weighted by molar-refractivity contribution is 0.132. The summed E-state index contributed by atoms with van der Waals surface area (Å²) in [5.74, 6) is 0. The van der Waals surface area contributed by atoms with Gasteiger partial charge < -0.3 is 15.2 Å². The summed E-state index contributed by atoms with van der Waals surface area (Å²) in [6.45, 7) is 5.79. The molecule has 0 aliphatic rings. The molecule has 0 saturated heterocycles. The Morgan fingerprint density at radius 2 is 1.82 bits per heavy atom. The van der Waals surface area contributed by atoms with Gasteiger partial charge in [-0.2, -0.15) is 0 Å². The van der Waals surface area contributed by atoms with Gasteiger partial charge in [-0.15, -0.1) is 0 Å². The third kappa shape index (κ3) is 6.41. The number of ether oxygens (including phenoxy) is 1. The highest BCUT2D eigenvalue weighted by molar-refractivity contribution is 5.21. The van der Waals surface area contributed by atoms with E-state index in [1.165, 1.54) is 5.56 Å². The Labute approximate surface area is 104 Å². The molecule has 0 amide bonds. The Morgan fingerprint density at radius 3 is 2.47 bits per heavy atom. The minimum atomic E-state index is 0.114. The smallest absolute Gasteiger partial charge is 0.0681 e. The summed E-state index contributed by atoms with van der Waals surface area (Å²) in [5.41, 5.74) is 2.21. The fraction of sp³-hybridized carbons (Fsp3) is 0.571. The maximum Gasteiger partial charge on any atom is 0.0681 e. The molecular weight excluding hydrogens is 214 g/mol. The molecule has 0 unspecified atom stereocenters. The molecule has 0 spiro atoms. The summed E-state index contributed by atoms with van der Waals surface area (Å²) in [4.78, 5) is 0. The van der Waals surface area contributed by atoms with E-state index in [2.05, 4.69) is 12.2 Å². The summed E-state index contributed by atoms with van der Waals surface area (Å²) in [5, 5.41) is 12.3. The van der Waals surface area contributed by atoms with Crippen LogP contribution in [-0.4, -0.2) is 24.9 Å². The zero-order valence-electron chi connectivity index (χ0n) is 10.6. The van der Waals surface area contributed by atoms with Gasteiger partial charge >= 0.3 is 0 Å². The van der Waals surface area contributed by atoms with Crippen LogP contribution < -0.4 is 5.32 Å². The first kappa shape index (κ1) is 14.2. The number of aliphatic hydroxyl groups is 1. The Balaban J connectivity index is 2.05. The maximum absolute atomic E-state index is 8.92. The summed E-state index contributed by atoms with van der Waals surface area (Å²) in [7, 11) is 0. The minimum absolute atomic E-state index is 0.114. The highest BCUT2D eigenvalue weighted by atomic mass is 16.5. The molecule has 0 heterocycles. The van der Waals surface area contributed by atoms with Crippen LogP contribution in [0.15, 0.2) is 24.3 Å². The largest absolute Gasteiger partial charge is 0.392 e. The molecule has 0 saturated carbocycles. The predicted molar refractivity (Wildman–Crippen MR) is 69.8 cm³/mol. The van der Waals surface area contributed by atoms with Gasteiger partial charge in [-0.1, -0.05) is 31.2 Å². The van der Waals surface area contributed by atoms with Crippen molar-refractivity contribution >= 4 is 0 Å². The minimum Gasteiger partial charge on any atom is -0.392 e. The van der Waals surface area contributed by atoms with Gasteiger partial charge in [-0.25, -0.2) is 0 Å². The molecule has 1 rings (SSSR count). The summed E-state index contributed by atoms with van der Waals surface area (Å²) in [6, 6.07) is 8.01. The third-order valence-electron chi connectivity index (χ3n) is 2.53. The molecule has 0 aromatic heterocycles. The molecule has 0 atom stereocenters. The van der Waals surface area contributed by atoms with Crippen LogP contribution >= 0.6 is 0 Å². The number of rotatable bonds is 9. The lowest BCUT2D eigenvalue weighted by Gasteiger charge is -2.06.